The molecule has 0 aliphatic carbocycles. The van der Waals surface area contributed by atoms with Gasteiger partial charge in [-0.3, -0.25) is 4.79 Å². The van der Waals surface area contributed by atoms with Crippen LogP contribution < -0.4 is 10.0 Å². The Labute approximate surface area is 183 Å². The highest BCUT2D eigenvalue weighted by atomic mass is 35.5. The Morgan fingerprint density at radius 1 is 1.29 bits per heavy atom. The van der Waals surface area contributed by atoms with E-state index in [0.717, 1.165) is 16.1 Å². The number of aromatic nitrogens is 2. The van der Waals surface area contributed by atoms with Crippen molar-refractivity contribution in [3.63, 3.8) is 0 Å². The number of anilines is 1. The molecule has 0 spiro atoms. The first kappa shape index (κ1) is 21.4. The number of carbonyl (C=O) groups is 1. The molecule has 4 rings (SSSR count). The van der Waals surface area contributed by atoms with E-state index < -0.39 is 34.0 Å². The molecule has 1 aliphatic rings. The number of carbonyl (C=O) groups excluding carboxylic acids is 1. The van der Waals surface area contributed by atoms with Gasteiger partial charge in [0.1, 0.15) is 11.9 Å². The van der Waals surface area contributed by atoms with Crippen LogP contribution in [0, 0.1) is 5.82 Å². The Morgan fingerprint density at radius 2 is 2.10 bits per heavy atom. The van der Waals surface area contributed by atoms with E-state index in [1.54, 1.807) is 29.4 Å². The van der Waals surface area contributed by atoms with Crippen LogP contribution in [-0.2, 0) is 15.0 Å². The molecular weight excluding hydrogens is 445 g/mol. The van der Waals surface area contributed by atoms with Crippen molar-refractivity contribution < 1.29 is 17.6 Å². The van der Waals surface area contributed by atoms with Gasteiger partial charge in [-0.2, -0.15) is 17.4 Å². The molecule has 0 bridgehead atoms. The second-order valence-corrected chi connectivity index (χ2v) is 9.30. The normalized spacial score (nSPS) is 21.0. The molecule has 162 valence electrons. The number of nitrogens with one attached hydrogen (secondary N) is 2. The quantitative estimate of drug-likeness (QED) is 0.621. The number of hydrogen-bond acceptors (Lipinski definition) is 4. The van der Waals surface area contributed by atoms with Crippen LogP contribution in [-0.4, -0.2) is 41.3 Å². The molecular formula is C20H19ClFN5O3S. The summed E-state index contributed by atoms with van der Waals surface area (Å²) in [6.45, 7) is 0. The van der Waals surface area contributed by atoms with E-state index in [-0.39, 0.29) is 17.1 Å². The molecule has 3 aromatic rings. The van der Waals surface area contributed by atoms with E-state index in [0.29, 0.717) is 5.56 Å². The van der Waals surface area contributed by atoms with Crippen molar-refractivity contribution in [3.05, 3.63) is 77.6 Å². The third-order valence-electron chi connectivity index (χ3n) is 5.13. The second-order valence-electron chi connectivity index (χ2n) is 7.13. The van der Waals surface area contributed by atoms with Gasteiger partial charge in [0.2, 0.25) is 5.91 Å². The summed E-state index contributed by atoms with van der Waals surface area (Å²) in [5.74, 6) is -1.15. The molecule has 0 saturated carbocycles. The molecule has 1 aromatic heterocycles. The molecule has 1 fully saturated rings. The van der Waals surface area contributed by atoms with Gasteiger partial charge in [0.05, 0.1) is 11.3 Å². The number of likely N-dealkylation sites (N-methyl/N-ethyl adjacent to an activating group) is 1. The number of benzene rings is 2. The molecule has 1 aliphatic heterocycles. The van der Waals surface area contributed by atoms with Crippen LogP contribution in [0.1, 0.15) is 18.0 Å². The summed E-state index contributed by atoms with van der Waals surface area (Å²) in [6, 6.07) is 9.50. The molecule has 2 N–H and O–H groups in total. The van der Waals surface area contributed by atoms with E-state index in [2.05, 4.69) is 15.0 Å². The van der Waals surface area contributed by atoms with Crippen LogP contribution in [0.2, 0.25) is 5.02 Å². The smallest absolute Gasteiger partial charge is 0.280 e. The van der Waals surface area contributed by atoms with Crippen molar-refractivity contribution in [1.29, 1.82) is 0 Å². The lowest BCUT2D eigenvalue weighted by molar-refractivity contribution is -0.120. The number of halogens is 2. The van der Waals surface area contributed by atoms with Gasteiger partial charge in [0.15, 0.2) is 0 Å². The Morgan fingerprint density at radius 3 is 2.81 bits per heavy atom. The minimum atomic E-state index is -3.91. The van der Waals surface area contributed by atoms with Crippen molar-refractivity contribution in [2.75, 3.05) is 12.4 Å². The molecule has 0 unspecified atom stereocenters. The Balaban J connectivity index is 1.60. The molecule has 2 atom stereocenters. The van der Waals surface area contributed by atoms with Gasteiger partial charge in [0, 0.05) is 36.9 Å². The molecule has 1 saturated heterocycles. The maximum absolute atomic E-state index is 13.4. The van der Waals surface area contributed by atoms with Crippen molar-refractivity contribution in [1.82, 2.24) is 18.6 Å². The zero-order chi connectivity index (χ0) is 22.2. The zero-order valence-electron chi connectivity index (χ0n) is 16.4. The summed E-state index contributed by atoms with van der Waals surface area (Å²) in [6.07, 6.45) is 5.26. The van der Waals surface area contributed by atoms with E-state index in [4.69, 9.17) is 11.6 Å². The Bertz CT molecular complexity index is 1220. The first-order chi connectivity index (χ1) is 14.7. The maximum atomic E-state index is 13.4. The summed E-state index contributed by atoms with van der Waals surface area (Å²) < 4.78 is 44.2. The summed E-state index contributed by atoms with van der Waals surface area (Å²) in [5, 5.41) is 2.48. The first-order valence-electron chi connectivity index (χ1n) is 9.34. The zero-order valence-corrected chi connectivity index (χ0v) is 17.9. The summed E-state index contributed by atoms with van der Waals surface area (Å²) in [4.78, 5) is 16.9. The predicted octanol–water partition coefficient (Wildman–Crippen LogP) is 2.88. The van der Waals surface area contributed by atoms with E-state index in [9.17, 15) is 17.6 Å². The van der Waals surface area contributed by atoms with Gasteiger partial charge >= 0.3 is 0 Å². The van der Waals surface area contributed by atoms with Crippen LogP contribution in [0.5, 0.6) is 0 Å². The van der Waals surface area contributed by atoms with Crippen molar-refractivity contribution >= 4 is 33.4 Å². The van der Waals surface area contributed by atoms with E-state index >= 15 is 0 Å². The van der Waals surface area contributed by atoms with E-state index in [1.165, 1.54) is 19.2 Å². The summed E-state index contributed by atoms with van der Waals surface area (Å²) in [7, 11) is -2.57. The SMILES string of the molecule is CN1[C@H](C(=O)Nc2ccc(F)c(Cl)c2)C[C@H](c2cccc(-n3ccnc3)c2)NS1(=O)=O. The molecule has 0 radical (unpaired) electrons. The van der Waals surface area contributed by atoms with Crippen LogP contribution in [0.15, 0.2) is 61.2 Å². The lowest BCUT2D eigenvalue weighted by atomic mass is 9.99. The Hall–Kier alpha value is -2.79. The highest BCUT2D eigenvalue weighted by Crippen LogP contribution is 2.30. The number of hydrogen-bond donors (Lipinski definition) is 2. The maximum Gasteiger partial charge on any atom is 0.280 e. The third kappa shape index (κ3) is 4.47. The molecule has 11 heteroatoms. The highest BCUT2D eigenvalue weighted by molar-refractivity contribution is 7.87. The number of nitrogens with zero attached hydrogens (tertiary/aromatic N) is 3. The van der Waals surface area contributed by atoms with Gasteiger partial charge in [-0.05, 0) is 42.3 Å². The topological polar surface area (TPSA) is 96.3 Å². The lowest BCUT2D eigenvalue weighted by Crippen LogP contribution is -2.55. The predicted molar refractivity (Wildman–Crippen MR) is 115 cm³/mol. The second kappa shape index (κ2) is 8.39. The Kier molecular flexibility index (Phi) is 5.80. The fraction of sp³-hybridized carbons (Fsp3) is 0.200. The first-order valence-corrected chi connectivity index (χ1v) is 11.2. The van der Waals surface area contributed by atoms with Crippen molar-refractivity contribution in [2.45, 2.75) is 18.5 Å². The average molecular weight is 464 g/mol. The van der Waals surface area contributed by atoms with Crippen LogP contribution >= 0.6 is 11.6 Å². The van der Waals surface area contributed by atoms with Crippen molar-refractivity contribution in [2.24, 2.45) is 0 Å². The van der Waals surface area contributed by atoms with Crippen LogP contribution in [0.25, 0.3) is 5.69 Å². The lowest BCUT2D eigenvalue weighted by Gasteiger charge is -2.36. The van der Waals surface area contributed by atoms with Gasteiger partial charge in [0.25, 0.3) is 10.2 Å². The van der Waals surface area contributed by atoms with Crippen molar-refractivity contribution in [3.8, 4) is 5.69 Å². The molecule has 2 aromatic carbocycles. The highest BCUT2D eigenvalue weighted by Gasteiger charge is 2.40. The summed E-state index contributed by atoms with van der Waals surface area (Å²) >= 11 is 5.77. The molecule has 1 amide bonds. The van der Waals surface area contributed by atoms with Crippen LogP contribution in [0.3, 0.4) is 0 Å². The van der Waals surface area contributed by atoms with Gasteiger partial charge in [-0.1, -0.05) is 23.7 Å². The fourth-order valence-electron chi connectivity index (χ4n) is 3.44. The number of rotatable bonds is 4. The standard InChI is InChI=1S/C20H19ClFN5O3S/c1-26-19(20(28)24-14-5-6-17(22)16(21)10-14)11-18(25-31(26,29)30)13-3-2-4-15(9-13)27-8-7-23-12-27/h2-10,12,18-19,25H,11H2,1H3,(H,24,28)/t18-,19+/m1/s1. The minimum Gasteiger partial charge on any atom is -0.325 e. The molecule has 31 heavy (non-hydrogen) atoms. The van der Waals surface area contributed by atoms with Gasteiger partial charge in [-0.15, -0.1) is 0 Å². The monoisotopic (exact) mass is 463 g/mol. The van der Waals surface area contributed by atoms with E-state index in [1.807, 2.05) is 18.2 Å². The van der Waals surface area contributed by atoms with Crippen LogP contribution in [0.4, 0.5) is 10.1 Å². The fourth-order valence-corrected chi connectivity index (χ4v) is 4.90. The van der Waals surface area contributed by atoms with Gasteiger partial charge < -0.3 is 9.88 Å². The minimum absolute atomic E-state index is 0.140. The average Bonchev–Trinajstić information content (AvgIpc) is 3.27. The molecule has 2 heterocycles. The van der Waals surface area contributed by atoms with Gasteiger partial charge in [-0.25, -0.2) is 9.37 Å². The summed E-state index contributed by atoms with van der Waals surface area (Å²) in [5.41, 5.74) is 1.81. The molecule has 8 nitrogen and oxygen atoms in total. The number of amides is 1. The number of imidazole rings is 1. The third-order valence-corrected chi connectivity index (χ3v) is 7.02. The largest absolute Gasteiger partial charge is 0.325 e.